The van der Waals surface area contributed by atoms with Gasteiger partial charge in [0.1, 0.15) is 11.6 Å². The van der Waals surface area contributed by atoms with E-state index >= 15 is 0 Å². The quantitative estimate of drug-likeness (QED) is 0.756. The zero-order valence-corrected chi connectivity index (χ0v) is 15.5. The van der Waals surface area contributed by atoms with Gasteiger partial charge in [-0.3, -0.25) is 9.69 Å². The summed E-state index contributed by atoms with van der Waals surface area (Å²) in [7, 11) is 0. The smallest absolute Gasteiger partial charge is 0.260 e. The fourth-order valence-electron chi connectivity index (χ4n) is 3.32. The van der Waals surface area contributed by atoms with Crippen LogP contribution < -0.4 is 4.74 Å². The number of amides is 1. The summed E-state index contributed by atoms with van der Waals surface area (Å²) < 4.78 is 5.61. The third-order valence-electron chi connectivity index (χ3n) is 4.92. The van der Waals surface area contributed by atoms with Gasteiger partial charge < -0.3 is 14.6 Å². The number of nitrogens with zero attached hydrogens (tertiary/aromatic N) is 3. The van der Waals surface area contributed by atoms with E-state index in [9.17, 15) is 4.79 Å². The van der Waals surface area contributed by atoms with Gasteiger partial charge >= 0.3 is 0 Å². The molecule has 140 valence electrons. The predicted octanol–water partition coefficient (Wildman–Crippen LogP) is 2.59. The Kier molecular flexibility index (Phi) is 5.07. The molecule has 1 saturated heterocycles. The minimum Gasteiger partial charge on any atom is -0.484 e. The largest absolute Gasteiger partial charge is 0.484 e. The summed E-state index contributed by atoms with van der Waals surface area (Å²) in [5, 5.41) is 0. The number of imidazole rings is 1. The zero-order chi connectivity index (χ0) is 18.6. The van der Waals surface area contributed by atoms with E-state index in [0.29, 0.717) is 0 Å². The van der Waals surface area contributed by atoms with E-state index in [4.69, 9.17) is 4.74 Å². The highest BCUT2D eigenvalue weighted by Crippen LogP contribution is 2.14. The molecule has 2 aromatic carbocycles. The van der Waals surface area contributed by atoms with Gasteiger partial charge in [0.25, 0.3) is 5.91 Å². The third kappa shape index (κ3) is 4.28. The molecule has 4 rings (SSSR count). The van der Waals surface area contributed by atoms with Crippen molar-refractivity contribution >= 4 is 16.9 Å². The molecule has 1 aliphatic rings. The van der Waals surface area contributed by atoms with E-state index in [0.717, 1.165) is 55.3 Å². The average molecular weight is 364 g/mol. The second-order valence-electron chi connectivity index (χ2n) is 6.96. The molecule has 3 aromatic rings. The van der Waals surface area contributed by atoms with Crippen LogP contribution in [0.2, 0.25) is 0 Å². The van der Waals surface area contributed by atoms with E-state index in [1.165, 1.54) is 5.56 Å². The molecule has 27 heavy (non-hydrogen) atoms. The first kappa shape index (κ1) is 17.5. The molecule has 6 heteroatoms. The average Bonchev–Trinajstić information content (AvgIpc) is 3.10. The number of para-hydroxylation sites is 2. The maximum absolute atomic E-state index is 12.4. The van der Waals surface area contributed by atoms with Crippen molar-refractivity contribution in [2.24, 2.45) is 0 Å². The molecule has 1 N–H and O–H groups in total. The van der Waals surface area contributed by atoms with Crippen molar-refractivity contribution in [3.8, 4) is 5.75 Å². The maximum Gasteiger partial charge on any atom is 0.260 e. The van der Waals surface area contributed by atoms with Crippen molar-refractivity contribution in [2.75, 3.05) is 32.8 Å². The SMILES string of the molecule is Cc1ccc(OCC(=O)N2CCN(Cc3nc4ccccc4[nH]3)CC2)cc1. The number of rotatable bonds is 5. The molecule has 0 radical (unpaired) electrons. The fraction of sp³-hybridized carbons (Fsp3) is 0.333. The van der Waals surface area contributed by atoms with Crippen LogP contribution in [0.25, 0.3) is 11.0 Å². The lowest BCUT2D eigenvalue weighted by Crippen LogP contribution is -2.49. The standard InChI is InChI=1S/C21H24N4O2/c1-16-6-8-17(9-7-16)27-15-21(26)25-12-10-24(11-13-25)14-20-22-18-4-2-3-5-19(18)23-20/h2-9H,10-15H2,1H3,(H,22,23). The monoisotopic (exact) mass is 364 g/mol. The van der Waals surface area contributed by atoms with Gasteiger partial charge in [-0.25, -0.2) is 4.98 Å². The van der Waals surface area contributed by atoms with E-state index in [-0.39, 0.29) is 12.5 Å². The van der Waals surface area contributed by atoms with Gasteiger partial charge in [-0.2, -0.15) is 0 Å². The molecule has 2 heterocycles. The lowest BCUT2D eigenvalue weighted by molar-refractivity contribution is -0.135. The van der Waals surface area contributed by atoms with E-state index < -0.39 is 0 Å². The number of carbonyl (C=O) groups excluding carboxylic acids is 1. The van der Waals surface area contributed by atoms with Crippen LogP contribution >= 0.6 is 0 Å². The molecule has 1 fully saturated rings. The molecule has 0 spiro atoms. The Labute approximate surface area is 158 Å². The first-order chi connectivity index (χ1) is 13.2. The summed E-state index contributed by atoms with van der Waals surface area (Å²) >= 11 is 0. The van der Waals surface area contributed by atoms with Gasteiger partial charge in [-0.1, -0.05) is 29.8 Å². The first-order valence-corrected chi connectivity index (χ1v) is 9.30. The van der Waals surface area contributed by atoms with Gasteiger partial charge in [0.2, 0.25) is 0 Å². The van der Waals surface area contributed by atoms with Gasteiger partial charge in [0, 0.05) is 26.2 Å². The number of nitrogens with one attached hydrogen (secondary N) is 1. The second kappa shape index (κ2) is 7.80. The maximum atomic E-state index is 12.4. The number of hydrogen-bond acceptors (Lipinski definition) is 4. The molecule has 0 aliphatic carbocycles. The number of carbonyl (C=O) groups is 1. The number of aromatic nitrogens is 2. The molecule has 1 amide bonds. The topological polar surface area (TPSA) is 61.5 Å². The van der Waals surface area contributed by atoms with Crippen LogP contribution in [0.3, 0.4) is 0 Å². The van der Waals surface area contributed by atoms with Crippen molar-refractivity contribution in [3.05, 3.63) is 59.9 Å². The lowest BCUT2D eigenvalue weighted by Gasteiger charge is -2.34. The third-order valence-corrected chi connectivity index (χ3v) is 4.92. The van der Waals surface area contributed by atoms with Gasteiger partial charge in [0.15, 0.2) is 6.61 Å². The molecular weight excluding hydrogens is 340 g/mol. The Morgan fingerprint density at radius 3 is 2.56 bits per heavy atom. The molecule has 0 atom stereocenters. The summed E-state index contributed by atoms with van der Waals surface area (Å²) in [4.78, 5) is 24.6. The van der Waals surface area contributed by atoms with Crippen LogP contribution in [-0.2, 0) is 11.3 Å². The van der Waals surface area contributed by atoms with Crippen LogP contribution in [0.1, 0.15) is 11.4 Å². The fourth-order valence-corrected chi connectivity index (χ4v) is 3.32. The Bertz CT molecular complexity index is 878. The minimum absolute atomic E-state index is 0.0407. The number of hydrogen-bond donors (Lipinski definition) is 1. The highest BCUT2D eigenvalue weighted by molar-refractivity contribution is 5.78. The van der Waals surface area contributed by atoms with E-state index in [1.54, 1.807) is 0 Å². The summed E-state index contributed by atoms with van der Waals surface area (Å²) in [6, 6.07) is 15.8. The molecule has 0 bridgehead atoms. The molecule has 1 aromatic heterocycles. The van der Waals surface area contributed by atoms with E-state index in [2.05, 4.69) is 14.9 Å². The molecule has 6 nitrogen and oxygen atoms in total. The van der Waals surface area contributed by atoms with Crippen LogP contribution in [0.15, 0.2) is 48.5 Å². The predicted molar refractivity (Wildman–Crippen MR) is 105 cm³/mol. The Balaban J connectivity index is 1.25. The van der Waals surface area contributed by atoms with E-state index in [1.807, 2.05) is 60.4 Å². The Morgan fingerprint density at radius 2 is 1.81 bits per heavy atom. The van der Waals surface area contributed by atoms with Crippen molar-refractivity contribution in [3.63, 3.8) is 0 Å². The van der Waals surface area contributed by atoms with Gasteiger partial charge in [-0.15, -0.1) is 0 Å². The number of benzene rings is 2. The van der Waals surface area contributed by atoms with Crippen molar-refractivity contribution < 1.29 is 9.53 Å². The molecule has 0 saturated carbocycles. The van der Waals surface area contributed by atoms with Gasteiger partial charge in [0.05, 0.1) is 17.6 Å². The summed E-state index contributed by atoms with van der Waals surface area (Å²) in [6.45, 7) is 6.01. The van der Waals surface area contributed by atoms with Crippen LogP contribution in [-0.4, -0.2) is 58.5 Å². The number of ether oxygens (including phenoxy) is 1. The Morgan fingerprint density at radius 1 is 1.07 bits per heavy atom. The normalized spacial score (nSPS) is 15.2. The number of H-pyrrole nitrogens is 1. The summed E-state index contributed by atoms with van der Waals surface area (Å²) in [5.41, 5.74) is 3.23. The van der Waals surface area contributed by atoms with Crippen LogP contribution in [0.4, 0.5) is 0 Å². The van der Waals surface area contributed by atoms with Crippen molar-refractivity contribution in [2.45, 2.75) is 13.5 Å². The van der Waals surface area contributed by atoms with Crippen LogP contribution in [0.5, 0.6) is 5.75 Å². The lowest BCUT2D eigenvalue weighted by atomic mass is 10.2. The first-order valence-electron chi connectivity index (χ1n) is 9.30. The highest BCUT2D eigenvalue weighted by Gasteiger charge is 2.22. The van der Waals surface area contributed by atoms with Crippen molar-refractivity contribution in [1.29, 1.82) is 0 Å². The number of aromatic amines is 1. The minimum atomic E-state index is 0.0407. The van der Waals surface area contributed by atoms with Crippen molar-refractivity contribution in [1.82, 2.24) is 19.8 Å². The summed E-state index contributed by atoms with van der Waals surface area (Å²) in [6.07, 6.45) is 0. The number of piperazine rings is 1. The Hall–Kier alpha value is -2.86. The number of fused-ring (bicyclic) bond motifs is 1. The molecular formula is C21H24N4O2. The van der Waals surface area contributed by atoms with Crippen LogP contribution in [0, 0.1) is 6.92 Å². The zero-order valence-electron chi connectivity index (χ0n) is 15.5. The molecule has 0 unspecified atom stereocenters. The molecule has 1 aliphatic heterocycles. The highest BCUT2D eigenvalue weighted by atomic mass is 16.5. The summed E-state index contributed by atoms with van der Waals surface area (Å²) in [5.74, 6) is 1.75. The second-order valence-corrected chi connectivity index (χ2v) is 6.96. The van der Waals surface area contributed by atoms with Gasteiger partial charge in [-0.05, 0) is 31.2 Å². The number of aryl methyl sites for hydroxylation is 1.